The Morgan fingerprint density at radius 2 is 1.88 bits per heavy atom. The van der Waals surface area contributed by atoms with Gasteiger partial charge in [0.25, 0.3) is 0 Å². The predicted molar refractivity (Wildman–Crippen MR) is 103 cm³/mol. The number of hydrogen-bond acceptors (Lipinski definition) is 4. The average Bonchev–Trinajstić information content (AvgIpc) is 2.91. The summed E-state index contributed by atoms with van der Waals surface area (Å²) in [6.45, 7) is 1.87. The van der Waals surface area contributed by atoms with Crippen LogP contribution in [0.5, 0.6) is 0 Å². The van der Waals surface area contributed by atoms with Crippen LogP contribution in [-0.4, -0.2) is 22.2 Å². The zero-order chi connectivity index (χ0) is 17.5. The van der Waals surface area contributed by atoms with E-state index in [-0.39, 0.29) is 9.14 Å². The van der Waals surface area contributed by atoms with Crippen LogP contribution >= 0.6 is 43.2 Å². The van der Waals surface area contributed by atoms with Crippen molar-refractivity contribution in [3.63, 3.8) is 0 Å². The lowest BCUT2D eigenvalue weighted by molar-refractivity contribution is -0.120. The monoisotopic (exact) mass is 471 g/mol. The number of carbonyl (C=O) groups excluding carboxylic acids is 2. The van der Waals surface area contributed by atoms with E-state index in [0.29, 0.717) is 17.0 Å². The molecule has 126 valence electrons. The molecule has 1 fully saturated rings. The Morgan fingerprint density at radius 1 is 1.25 bits per heavy atom. The molecular weight excluding hydrogens is 458 g/mol. The second-order valence-corrected chi connectivity index (χ2v) is 10.7. The lowest BCUT2D eigenvalue weighted by Gasteiger charge is -2.12. The average molecular weight is 473 g/mol. The van der Waals surface area contributed by atoms with Gasteiger partial charge in [0.05, 0.1) is 21.3 Å². The van der Waals surface area contributed by atoms with Crippen molar-refractivity contribution in [1.82, 2.24) is 0 Å². The lowest BCUT2D eigenvalue weighted by atomic mass is 10.1. The van der Waals surface area contributed by atoms with Crippen LogP contribution in [0.2, 0.25) is 0 Å². The van der Waals surface area contributed by atoms with Crippen LogP contribution in [0.1, 0.15) is 23.7 Å². The van der Waals surface area contributed by atoms with Crippen molar-refractivity contribution in [3.8, 4) is 10.4 Å². The number of halogens is 2. The van der Waals surface area contributed by atoms with Crippen molar-refractivity contribution in [3.05, 3.63) is 42.0 Å². The van der Waals surface area contributed by atoms with Gasteiger partial charge in [0.1, 0.15) is 5.00 Å². The maximum absolute atomic E-state index is 12.6. The SMILES string of the molecule is COC(=O)c1cc(-c2ccccc2)sc1NC(=O)[C@@]1(C)CC1(Br)Br. The zero-order valence-electron chi connectivity index (χ0n) is 13.1. The van der Waals surface area contributed by atoms with Gasteiger partial charge in [-0.15, -0.1) is 11.3 Å². The number of methoxy groups -OCH3 is 1. The number of amides is 1. The van der Waals surface area contributed by atoms with Crippen LogP contribution in [0, 0.1) is 5.41 Å². The van der Waals surface area contributed by atoms with Gasteiger partial charge in [-0.3, -0.25) is 4.79 Å². The summed E-state index contributed by atoms with van der Waals surface area (Å²) in [5.74, 6) is -0.600. The summed E-state index contributed by atoms with van der Waals surface area (Å²) in [4.78, 5) is 25.6. The van der Waals surface area contributed by atoms with Gasteiger partial charge in [0, 0.05) is 4.88 Å². The van der Waals surface area contributed by atoms with Gasteiger partial charge >= 0.3 is 5.97 Å². The Balaban J connectivity index is 1.93. The molecule has 1 aromatic heterocycles. The molecule has 2 aromatic rings. The molecule has 1 aliphatic carbocycles. The number of hydrogen-bond donors (Lipinski definition) is 1. The first-order valence-corrected chi connectivity index (χ1v) is 9.65. The van der Waals surface area contributed by atoms with Crippen molar-refractivity contribution >= 4 is 60.1 Å². The molecule has 1 aromatic carbocycles. The van der Waals surface area contributed by atoms with Crippen LogP contribution in [0.4, 0.5) is 5.00 Å². The van der Waals surface area contributed by atoms with Gasteiger partial charge in [0.15, 0.2) is 0 Å². The Bertz CT molecular complexity index is 803. The maximum Gasteiger partial charge on any atom is 0.340 e. The van der Waals surface area contributed by atoms with E-state index in [9.17, 15) is 9.59 Å². The molecule has 1 amide bonds. The molecule has 1 aliphatic rings. The van der Waals surface area contributed by atoms with Crippen molar-refractivity contribution in [1.29, 1.82) is 0 Å². The van der Waals surface area contributed by atoms with Gasteiger partial charge in [-0.25, -0.2) is 4.79 Å². The number of benzene rings is 1. The summed E-state index contributed by atoms with van der Waals surface area (Å²) >= 11 is 8.35. The Hall–Kier alpha value is -1.18. The van der Waals surface area contributed by atoms with Gasteiger partial charge in [0.2, 0.25) is 5.91 Å². The van der Waals surface area contributed by atoms with Crippen LogP contribution in [-0.2, 0) is 9.53 Å². The topological polar surface area (TPSA) is 55.4 Å². The summed E-state index contributed by atoms with van der Waals surface area (Å²) in [7, 11) is 1.33. The minimum atomic E-state index is -0.558. The fourth-order valence-corrected chi connectivity index (χ4v) is 4.91. The number of nitrogens with one attached hydrogen (secondary N) is 1. The highest BCUT2D eigenvalue weighted by Gasteiger charge is 2.66. The highest BCUT2D eigenvalue weighted by Crippen LogP contribution is 2.66. The van der Waals surface area contributed by atoms with E-state index in [1.165, 1.54) is 18.4 Å². The first-order valence-electron chi connectivity index (χ1n) is 7.25. The van der Waals surface area contributed by atoms with E-state index in [0.717, 1.165) is 10.4 Å². The van der Waals surface area contributed by atoms with Crippen LogP contribution in [0.3, 0.4) is 0 Å². The summed E-state index contributed by atoms with van der Waals surface area (Å²) in [5, 5.41) is 3.40. The molecule has 1 heterocycles. The van der Waals surface area contributed by atoms with E-state index in [2.05, 4.69) is 37.2 Å². The van der Waals surface area contributed by atoms with E-state index in [1.807, 2.05) is 37.3 Å². The number of ether oxygens (including phenoxy) is 1. The maximum atomic E-state index is 12.6. The fourth-order valence-electron chi connectivity index (χ4n) is 2.38. The second kappa shape index (κ2) is 6.28. The predicted octanol–water partition coefficient (Wildman–Crippen LogP) is 5.04. The van der Waals surface area contributed by atoms with Crippen LogP contribution < -0.4 is 5.32 Å². The lowest BCUT2D eigenvalue weighted by Crippen LogP contribution is -2.26. The molecule has 4 nitrogen and oxygen atoms in total. The Labute approximate surface area is 160 Å². The van der Waals surface area contributed by atoms with Crippen LogP contribution in [0.15, 0.2) is 36.4 Å². The first kappa shape index (κ1) is 17.6. The zero-order valence-corrected chi connectivity index (χ0v) is 17.0. The minimum Gasteiger partial charge on any atom is -0.465 e. The quantitative estimate of drug-likeness (QED) is 0.501. The molecule has 0 unspecified atom stereocenters. The van der Waals surface area contributed by atoms with Crippen molar-refractivity contribution in [2.75, 3.05) is 12.4 Å². The summed E-state index contributed by atoms with van der Waals surface area (Å²) in [6, 6.07) is 11.5. The summed E-state index contributed by atoms with van der Waals surface area (Å²) in [6.07, 6.45) is 0.677. The highest BCUT2D eigenvalue weighted by atomic mass is 79.9. The van der Waals surface area contributed by atoms with Crippen molar-refractivity contribution in [2.24, 2.45) is 5.41 Å². The molecule has 1 saturated carbocycles. The smallest absolute Gasteiger partial charge is 0.340 e. The molecule has 24 heavy (non-hydrogen) atoms. The van der Waals surface area contributed by atoms with E-state index < -0.39 is 11.4 Å². The molecular formula is C17H15Br2NO3S. The van der Waals surface area contributed by atoms with Gasteiger partial charge in [-0.05, 0) is 25.0 Å². The second-order valence-electron chi connectivity index (χ2n) is 5.88. The highest BCUT2D eigenvalue weighted by molar-refractivity contribution is 9.25. The summed E-state index contributed by atoms with van der Waals surface area (Å²) < 4.78 is 4.46. The standard InChI is InChI=1S/C17H15Br2NO3S/c1-16(9-17(16,18)19)15(22)20-13-11(14(21)23-2)8-12(24-13)10-6-4-3-5-7-10/h3-8H,9H2,1-2H3,(H,20,22)/t16-/m1/s1. The van der Waals surface area contributed by atoms with Gasteiger partial charge in [-0.1, -0.05) is 62.2 Å². The molecule has 0 spiro atoms. The van der Waals surface area contributed by atoms with Crippen molar-refractivity contribution < 1.29 is 14.3 Å². The Morgan fingerprint density at radius 3 is 2.42 bits per heavy atom. The third kappa shape index (κ3) is 3.05. The van der Waals surface area contributed by atoms with E-state index >= 15 is 0 Å². The first-order chi connectivity index (χ1) is 11.3. The number of carbonyl (C=O) groups is 2. The number of thiophene rings is 1. The third-order valence-corrected chi connectivity index (χ3v) is 7.59. The Kier molecular flexibility index (Phi) is 4.61. The molecule has 0 saturated heterocycles. The van der Waals surface area contributed by atoms with E-state index in [1.54, 1.807) is 6.07 Å². The molecule has 0 bridgehead atoms. The molecule has 3 rings (SSSR count). The van der Waals surface area contributed by atoms with Crippen LogP contribution in [0.25, 0.3) is 10.4 Å². The molecule has 7 heteroatoms. The van der Waals surface area contributed by atoms with Crippen molar-refractivity contribution in [2.45, 2.75) is 16.6 Å². The fraction of sp³-hybridized carbons (Fsp3) is 0.294. The van der Waals surface area contributed by atoms with E-state index in [4.69, 9.17) is 4.74 Å². The number of esters is 1. The number of rotatable bonds is 4. The minimum absolute atomic E-state index is 0.136. The molecule has 0 aliphatic heterocycles. The molecule has 1 N–H and O–H groups in total. The largest absolute Gasteiger partial charge is 0.465 e. The van der Waals surface area contributed by atoms with Gasteiger partial charge < -0.3 is 10.1 Å². The molecule has 1 atom stereocenters. The number of anilines is 1. The van der Waals surface area contributed by atoms with Gasteiger partial charge in [-0.2, -0.15) is 0 Å². The third-order valence-electron chi connectivity index (χ3n) is 4.18. The normalized spacial score (nSPS) is 21.2. The number of alkyl halides is 2. The molecule has 0 radical (unpaired) electrons. The summed E-state index contributed by atoms with van der Waals surface area (Å²) in [5.41, 5.74) is 0.798.